The summed E-state index contributed by atoms with van der Waals surface area (Å²) in [6.07, 6.45) is 1.45. The molecule has 1 amide bonds. The lowest BCUT2D eigenvalue weighted by atomic mass is 10.0. The van der Waals surface area contributed by atoms with Crippen molar-refractivity contribution in [1.29, 1.82) is 0 Å². The highest BCUT2D eigenvalue weighted by molar-refractivity contribution is 8.13. The number of rotatable bonds is 4. The quantitative estimate of drug-likeness (QED) is 0.806. The molecule has 0 aromatic heterocycles. The van der Waals surface area contributed by atoms with Gasteiger partial charge >= 0.3 is 0 Å². The van der Waals surface area contributed by atoms with Crippen LogP contribution in [0, 0.1) is 5.92 Å². The number of hydrogen-bond donors (Lipinski definition) is 2. The third-order valence-electron chi connectivity index (χ3n) is 2.77. The number of primary amides is 1. The van der Waals surface area contributed by atoms with Gasteiger partial charge in [0.25, 0.3) is 0 Å². The van der Waals surface area contributed by atoms with Gasteiger partial charge in [-0.2, -0.15) is 0 Å². The second-order valence-corrected chi connectivity index (χ2v) is 6.62. The van der Waals surface area contributed by atoms with E-state index in [1.807, 2.05) is 13.8 Å². The molecule has 1 unspecified atom stereocenters. The van der Waals surface area contributed by atoms with E-state index in [9.17, 15) is 4.79 Å². The van der Waals surface area contributed by atoms with Gasteiger partial charge in [-0.3, -0.25) is 9.79 Å². The molecule has 0 saturated carbocycles. The van der Waals surface area contributed by atoms with Crippen LogP contribution in [0.3, 0.4) is 0 Å². The van der Waals surface area contributed by atoms with Gasteiger partial charge in [-0.15, -0.1) is 0 Å². The van der Waals surface area contributed by atoms with Crippen LogP contribution in [0.25, 0.3) is 0 Å². The lowest BCUT2D eigenvalue weighted by Crippen LogP contribution is -2.46. The Balaban J connectivity index is 2.64. The van der Waals surface area contributed by atoms with Crippen LogP contribution in [0.5, 0.6) is 0 Å². The predicted molar refractivity (Wildman–Crippen MR) is 74.2 cm³/mol. The minimum absolute atomic E-state index is 0.288. The molecule has 1 aliphatic rings. The molecule has 0 spiro atoms. The van der Waals surface area contributed by atoms with Gasteiger partial charge in [0.2, 0.25) is 5.91 Å². The third kappa shape index (κ3) is 4.98. The number of aliphatic imine (C=N–C) groups is 1. The van der Waals surface area contributed by atoms with Crippen molar-refractivity contribution in [2.45, 2.75) is 52.1 Å². The highest BCUT2D eigenvalue weighted by atomic mass is 32.2. The highest BCUT2D eigenvalue weighted by Gasteiger charge is 2.25. The number of amides is 1. The van der Waals surface area contributed by atoms with E-state index in [1.54, 1.807) is 11.8 Å². The van der Waals surface area contributed by atoms with Gasteiger partial charge in [0.05, 0.1) is 6.04 Å². The van der Waals surface area contributed by atoms with Gasteiger partial charge in [-0.25, -0.2) is 0 Å². The Labute approximate surface area is 108 Å². The number of nitrogens with two attached hydrogens (primary N) is 1. The lowest BCUT2D eigenvalue weighted by Gasteiger charge is -2.30. The average Bonchev–Trinajstić information content (AvgIpc) is 2.14. The molecule has 0 aromatic rings. The zero-order valence-electron chi connectivity index (χ0n) is 11.1. The molecule has 0 aliphatic carbocycles. The molecular weight excluding hydrogens is 234 g/mol. The maximum atomic E-state index is 11.0. The van der Waals surface area contributed by atoms with Crippen molar-refractivity contribution in [3.8, 4) is 0 Å². The summed E-state index contributed by atoms with van der Waals surface area (Å²) in [5, 5.41) is 4.27. The van der Waals surface area contributed by atoms with Gasteiger partial charge in [-0.1, -0.05) is 25.6 Å². The number of nitrogens with one attached hydrogen (secondary N) is 1. The monoisotopic (exact) mass is 257 g/mol. The third-order valence-corrected chi connectivity index (χ3v) is 3.69. The number of carbonyl (C=O) groups excluding carboxylic acids is 1. The summed E-state index contributed by atoms with van der Waals surface area (Å²) in [6, 6.07) is 0.392. The van der Waals surface area contributed by atoms with Crippen LogP contribution in [0.2, 0.25) is 0 Å². The first-order valence-corrected chi connectivity index (χ1v) is 7.06. The Bertz CT molecular complexity index is 313. The molecule has 0 aromatic carbocycles. The molecule has 0 saturated heterocycles. The molecule has 4 nitrogen and oxygen atoms in total. The summed E-state index contributed by atoms with van der Waals surface area (Å²) in [4.78, 5) is 15.7. The van der Waals surface area contributed by atoms with Crippen molar-refractivity contribution in [3.63, 3.8) is 0 Å². The van der Waals surface area contributed by atoms with Crippen LogP contribution in [-0.4, -0.2) is 28.4 Å². The van der Waals surface area contributed by atoms with Crippen LogP contribution >= 0.6 is 11.8 Å². The molecule has 1 atom stereocenters. The fraction of sp³-hybridized carbons (Fsp3) is 0.833. The topological polar surface area (TPSA) is 67.5 Å². The highest BCUT2D eigenvalue weighted by Crippen LogP contribution is 2.23. The first-order valence-electron chi connectivity index (χ1n) is 6.07. The van der Waals surface area contributed by atoms with E-state index in [4.69, 9.17) is 10.7 Å². The predicted octanol–water partition coefficient (Wildman–Crippen LogP) is 1.75. The molecule has 1 rings (SSSR count). The fourth-order valence-corrected chi connectivity index (χ4v) is 2.96. The number of thioether (sulfide) groups is 1. The number of hydrogen-bond acceptors (Lipinski definition) is 4. The Hall–Kier alpha value is -0.710. The first-order chi connectivity index (χ1) is 7.80. The molecule has 3 N–H and O–H groups in total. The Morgan fingerprint density at radius 2 is 2.29 bits per heavy atom. The second kappa shape index (κ2) is 5.76. The van der Waals surface area contributed by atoms with Crippen molar-refractivity contribution in [1.82, 2.24) is 5.32 Å². The van der Waals surface area contributed by atoms with Crippen LogP contribution in [0.4, 0.5) is 0 Å². The number of amidine groups is 1. The van der Waals surface area contributed by atoms with Crippen molar-refractivity contribution < 1.29 is 4.79 Å². The summed E-state index contributed by atoms with van der Waals surface area (Å²) < 4.78 is 0. The van der Waals surface area contributed by atoms with E-state index < -0.39 is 0 Å². The summed E-state index contributed by atoms with van der Waals surface area (Å²) in [7, 11) is 0. The summed E-state index contributed by atoms with van der Waals surface area (Å²) >= 11 is 1.73. The van der Waals surface area contributed by atoms with Crippen molar-refractivity contribution in [2.24, 2.45) is 16.6 Å². The van der Waals surface area contributed by atoms with Crippen LogP contribution in [0.1, 0.15) is 40.5 Å². The first kappa shape index (κ1) is 14.4. The SMILES string of the molecule is CC(C)C1CCSC(NC(C)(C)CC(N)=O)=N1. The zero-order valence-corrected chi connectivity index (χ0v) is 11.9. The molecule has 1 aliphatic heterocycles. The second-order valence-electron chi connectivity index (χ2n) is 5.53. The number of nitrogens with zero attached hydrogens (tertiary/aromatic N) is 1. The number of carbonyl (C=O) groups is 1. The van der Waals surface area contributed by atoms with Crippen LogP contribution < -0.4 is 11.1 Å². The molecule has 0 radical (unpaired) electrons. The summed E-state index contributed by atoms with van der Waals surface area (Å²) in [5.74, 6) is 1.36. The standard InChI is InChI=1S/C12H23N3OS/c1-8(2)9-5-6-17-11(14-9)15-12(3,4)7-10(13)16/h8-9H,5-7H2,1-4H3,(H2,13,16)(H,14,15). The van der Waals surface area contributed by atoms with E-state index >= 15 is 0 Å². The van der Waals surface area contributed by atoms with Crippen molar-refractivity contribution >= 4 is 22.8 Å². The van der Waals surface area contributed by atoms with E-state index in [0.29, 0.717) is 18.4 Å². The van der Waals surface area contributed by atoms with Crippen LogP contribution in [0.15, 0.2) is 4.99 Å². The molecule has 5 heteroatoms. The van der Waals surface area contributed by atoms with Gasteiger partial charge in [0.15, 0.2) is 5.17 Å². The van der Waals surface area contributed by atoms with E-state index in [-0.39, 0.29) is 11.4 Å². The van der Waals surface area contributed by atoms with Crippen molar-refractivity contribution in [3.05, 3.63) is 0 Å². The molecule has 17 heavy (non-hydrogen) atoms. The maximum Gasteiger partial charge on any atom is 0.219 e. The zero-order chi connectivity index (χ0) is 13.1. The largest absolute Gasteiger partial charge is 0.370 e. The molecule has 1 heterocycles. The lowest BCUT2D eigenvalue weighted by molar-refractivity contribution is -0.119. The molecule has 98 valence electrons. The normalized spacial score (nSPS) is 21.2. The van der Waals surface area contributed by atoms with E-state index in [2.05, 4.69) is 19.2 Å². The fourth-order valence-electron chi connectivity index (χ4n) is 1.85. The van der Waals surface area contributed by atoms with Crippen LogP contribution in [-0.2, 0) is 4.79 Å². The van der Waals surface area contributed by atoms with Gasteiger partial charge in [0.1, 0.15) is 0 Å². The summed E-state index contributed by atoms with van der Waals surface area (Å²) in [5.41, 5.74) is 4.91. The van der Waals surface area contributed by atoms with Gasteiger partial charge < -0.3 is 11.1 Å². The minimum Gasteiger partial charge on any atom is -0.370 e. The molecule has 0 bridgehead atoms. The smallest absolute Gasteiger partial charge is 0.219 e. The Morgan fingerprint density at radius 1 is 1.65 bits per heavy atom. The molecular formula is C12H23N3OS. The molecule has 0 fully saturated rings. The van der Waals surface area contributed by atoms with E-state index in [0.717, 1.165) is 17.3 Å². The Morgan fingerprint density at radius 3 is 2.82 bits per heavy atom. The van der Waals surface area contributed by atoms with E-state index in [1.165, 1.54) is 0 Å². The summed E-state index contributed by atoms with van der Waals surface area (Å²) in [6.45, 7) is 8.33. The van der Waals surface area contributed by atoms with Gasteiger partial charge in [0, 0.05) is 17.7 Å². The van der Waals surface area contributed by atoms with Crippen molar-refractivity contribution in [2.75, 3.05) is 5.75 Å². The Kier molecular flexibility index (Phi) is 4.86. The minimum atomic E-state index is -0.323. The maximum absolute atomic E-state index is 11.0. The van der Waals surface area contributed by atoms with Gasteiger partial charge in [-0.05, 0) is 26.2 Å². The average molecular weight is 257 g/mol.